The van der Waals surface area contributed by atoms with Gasteiger partial charge in [0.15, 0.2) is 5.16 Å². The summed E-state index contributed by atoms with van der Waals surface area (Å²) in [5.41, 5.74) is 1.22. The summed E-state index contributed by atoms with van der Waals surface area (Å²) < 4.78 is 1.08. The summed E-state index contributed by atoms with van der Waals surface area (Å²) >= 11 is 4.99. The summed E-state index contributed by atoms with van der Waals surface area (Å²) in [5, 5.41) is 7.43. The second kappa shape index (κ2) is 7.66. The second-order valence-electron chi connectivity index (χ2n) is 4.57. The van der Waals surface area contributed by atoms with E-state index in [0.717, 1.165) is 27.8 Å². The molecule has 1 aromatic carbocycles. The maximum absolute atomic E-state index is 4.51. The molecular formula is C15H19BrN4S. The molecule has 4 nitrogen and oxygen atoms in total. The molecule has 0 aliphatic rings. The minimum atomic E-state index is 0.178. The number of rotatable bonds is 6. The summed E-state index contributed by atoms with van der Waals surface area (Å²) in [6.07, 6.45) is 1.98. The van der Waals surface area contributed by atoms with Gasteiger partial charge < -0.3 is 10.6 Å². The van der Waals surface area contributed by atoms with Crippen molar-refractivity contribution in [1.29, 1.82) is 0 Å². The van der Waals surface area contributed by atoms with E-state index in [1.165, 1.54) is 17.3 Å². The van der Waals surface area contributed by atoms with Crippen molar-refractivity contribution in [1.82, 2.24) is 9.97 Å². The third kappa shape index (κ3) is 4.61. The molecule has 1 unspecified atom stereocenters. The molecule has 0 aliphatic carbocycles. The highest BCUT2D eigenvalue weighted by Gasteiger charge is 2.09. The van der Waals surface area contributed by atoms with Crippen LogP contribution in [0.4, 0.5) is 11.6 Å². The van der Waals surface area contributed by atoms with Crippen molar-refractivity contribution >= 4 is 39.3 Å². The van der Waals surface area contributed by atoms with E-state index < -0.39 is 0 Å². The van der Waals surface area contributed by atoms with Gasteiger partial charge in [-0.05, 0) is 37.8 Å². The van der Waals surface area contributed by atoms with Crippen molar-refractivity contribution in [2.24, 2.45) is 0 Å². The molecule has 0 amide bonds. The number of benzene rings is 1. The molecule has 0 saturated heterocycles. The topological polar surface area (TPSA) is 49.8 Å². The highest BCUT2D eigenvalue weighted by Crippen LogP contribution is 2.23. The van der Waals surface area contributed by atoms with Crippen LogP contribution in [0.1, 0.15) is 25.5 Å². The van der Waals surface area contributed by atoms with Crippen molar-refractivity contribution < 1.29 is 0 Å². The summed E-state index contributed by atoms with van der Waals surface area (Å²) in [7, 11) is 0. The van der Waals surface area contributed by atoms with Gasteiger partial charge in [-0.2, -0.15) is 0 Å². The highest BCUT2D eigenvalue weighted by atomic mass is 79.9. The largest absolute Gasteiger partial charge is 0.370 e. The molecular weight excluding hydrogens is 348 g/mol. The fourth-order valence-electron chi connectivity index (χ4n) is 1.92. The lowest BCUT2D eigenvalue weighted by Crippen LogP contribution is -2.10. The Morgan fingerprint density at radius 3 is 2.48 bits per heavy atom. The van der Waals surface area contributed by atoms with Crippen LogP contribution in [0.5, 0.6) is 0 Å². The first-order chi connectivity index (χ1) is 10.1. The molecule has 112 valence electrons. The van der Waals surface area contributed by atoms with E-state index in [1.54, 1.807) is 0 Å². The maximum atomic E-state index is 4.51. The molecule has 0 bridgehead atoms. The Labute approximate surface area is 138 Å². The molecule has 6 heteroatoms. The Balaban J connectivity index is 2.17. The Bertz CT molecular complexity index is 589. The van der Waals surface area contributed by atoms with Crippen LogP contribution in [0.25, 0.3) is 0 Å². The molecule has 2 aromatic rings. The zero-order valence-electron chi connectivity index (χ0n) is 12.4. The summed E-state index contributed by atoms with van der Waals surface area (Å²) in [6, 6.07) is 10.4. The Kier molecular flexibility index (Phi) is 5.87. The van der Waals surface area contributed by atoms with Crippen LogP contribution in [-0.4, -0.2) is 22.8 Å². The average molecular weight is 367 g/mol. The zero-order chi connectivity index (χ0) is 15.2. The van der Waals surface area contributed by atoms with Crippen molar-refractivity contribution in [3.63, 3.8) is 0 Å². The first-order valence-corrected chi connectivity index (χ1v) is 8.83. The minimum absolute atomic E-state index is 0.178. The molecule has 2 N–H and O–H groups in total. The number of nitrogens with zero attached hydrogens (tertiary/aromatic N) is 2. The second-order valence-corrected chi connectivity index (χ2v) is 6.26. The van der Waals surface area contributed by atoms with Crippen LogP contribution >= 0.6 is 27.7 Å². The summed E-state index contributed by atoms with van der Waals surface area (Å²) in [4.78, 5) is 8.94. The van der Waals surface area contributed by atoms with Gasteiger partial charge in [0.05, 0.1) is 0 Å². The number of aromatic nitrogens is 2. The third-order valence-corrected chi connectivity index (χ3v) is 4.06. The molecule has 1 aromatic heterocycles. The van der Waals surface area contributed by atoms with Crippen molar-refractivity contribution in [3.05, 3.63) is 40.4 Å². The van der Waals surface area contributed by atoms with E-state index in [4.69, 9.17) is 0 Å². The van der Waals surface area contributed by atoms with E-state index in [0.29, 0.717) is 0 Å². The monoisotopic (exact) mass is 366 g/mol. The van der Waals surface area contributed by atoms with Gasteiger partial charge in [-0.25, -0.2) is 9.97 Å². The predicted molar refractivity (Wildman–Crippen MR) is 94.2 cm³/mol. The smallest absolute Gasteiger partial charge is 0.191 e. The van der Waals surface area contributed by atoms with Crippen LogP contribution in [-0.2, 0) is 0 Å². The lowest BCUT2D eigenvalue weighted by Gasteiger charge is -2.16. The normalized spacial score (nSPS) is 12.0. The first kappa shape index (κ1) is 16.1. The van der Waals surface area contributed by atoms with Crippen LogP contribution in [0, 0.1) is 0 Å². The molecule has 1 heterocycles. The predicted octanol–water partition coefficient (Wildman–Crippen LogP) is 4.57. The number of hydrogen-bond donors (Lipinski definition) is 2. The lowest BCUT2D eigenvalue weighted by atomic mass is 10.1. The first-order valence-electron chi connectivity index (χ1n) is 6.81. The quantitative estimate of drug-likeness (QED) is 0.579. The molecule has 0 radical (unpaired) electrons. The van der Waals surface area contributed by atoms with E-state index in [2.05, 4.69) is 62.5 Å². The van der Waals surface area contributed by atoms with Gasteiger partial charge in [-0.1, -0.05) is 39.8 Å². The maximum Gasteiger partial charge on any atom is 0.191 e. The van der Waals surface area contributed by atoms with Gasteiger partial charge in [0.2, 0.25) is 0 Å². The molecule has 21 heavy (non-hydrogen) atoms. The minimum Gasteiger partial charge on any atom is -0.370 e. The molecule has 0 saturated carbocycles. The third-order valence-electron chi connectivity index (χ3n) is 2.98. The van der Waals surface area contributed by atoms with Crippen molar-refractivity contribution in [2.75, 3.05) is 23.4 Å². The Morgan fingerprint density at radius 2 is 1.86 bits per heavy atom. The van der Waals surface area contributed by atoms with Crippen LogP contribution in [0.2, 0.25) is 0 Å². The van der Waals surface area contributed by atoms with Crippen molar-refractivity contribution in [3.8, 4) is 0 Å². The van der Waals surface area contributed by atoms with Gasteiger partial charge in [-0.3, -0.25) is 0 Å². The van der Waals surface area contributed by atoms with E-state index in [1.807, 2.05) is 24.5 Å². The number of halogens is 1. The fourth-order valence-corrected chi connectivity index (χ4v) is 2.56. The van der Waals surface area contributed by atoms with Crippen LogP contribution in [0.15, 0.2) is 40.0 Å². The van der Waals surface area contributed by atoms with Crippen LogP contribution in [0.3, 0.4) is 0 Å². The number of anilines is 2. The summed E-state index contributed by atoms with van der Waals surface area (Å²) in [6.45, 7) is 5.02. The standard InChI is InChI=1S/C15H19BrN4S/c1-4-17-13-9-14(20-15(19-13)21-3)18-10(2)11-5-7-12(16)8-6-11/h5-10H,4H2,1-3H3,(H2,17,18,19,20). The Hall–Kier alpha value is -1.27. The molecule has 0 aliphatic heterocycles. The van der Waals surface area contributed by atoms with E-state index in [-0.39, 0.29) is 6.04 Å². The Morgan fingerprint density at radius 1 is 1.19 bits per heavy atom. The zero-order valence-corrected chi connectivity index (χ0v) is 14.8. The highest BCUT2D eigenvalue weighted by molar-refractivity contribution is 9.10. The van der Waals surface area contributed by atoms with Gasteiger partial charge in [0.1, 0.15) is 11.6 Å². The fraction of sp³-hybridized carbons (Fsp3) is 0.333. The average Bonchev–Trinajstić information content (AvgIpc) is 2.48. The van der Waals surface area contributed by atoms with E-state index >= 15 is 0 Å². The van der Waals surface area contributed by atoms with Gasteiger partial charge >= 0.3 is 0 Å². The van der Waals surface area contributed by atoms with Crippen LogP contribution < -0.4 is 10.6 Å². The molecule has 0 spiro atoms. The molecule has 1 atom stereocenters. The number of thioether (sulfide) groups is 1. The van der Waals surface area contributed by atoms with Gasteiger partial charge in [0.25, 0.3) is 0 Å². The summed E-state index contributed by atoms with van der Waals surface area (Å²) in [5.74, 6) is 1.68. The van der Waals surface area contributed by atoms with Gasteiger partial charge in [0, 0.05) is 23.1 Å². The SMILES string of the molecule is CCNc1cc(NC(C)c2ccc(Br)cc2)nc(SC)n1. The number of nitrogens with one attached hydrogen (secondary N) is 2. The molecule has 2 rings (SSSR count). The van der Waals surface area contributed by atoms with Gasteiger partial charge in [-0.15, -0.1) is 0 Å². The van der Waals surface area contributed by atoms with Crippen molar-refractivity contribution in [2.45, 2.75) is 25.0 Å². The molecule has 0 fully saturated rings. The van der Waals surface area contributed by atoms with E-state index in [9.17, 15) is 0 Å². The number of hydrogen-bond acceptors (Lipinski definition) is 5. The lowest BCUT2D eigenvalue weighted by molar-refractivity contribution is 0.855.